The number of carboxylic acids is 1. The van der Waals surface area contributed by atoms with Crippen LogP contribution < -0.4 is 0 Å². The van der Waals surface area contributed by atoms with Crippen molar-refractivity contribution in [1.82, 2.24) is 0 Å². The molecule has 3 N–H and O–H groups in total. The van der Waals surface area contributed by atoms with Crippen molar-refractivity contribution in [3.05, 3.63) is 12.7 Å². The van der Waals surface area contributed by atoms with E-state index in [0.717, 1.165) is 0 Å². The zero-order valence-corrected chi connectivity index (χ0v) is 15.0. The van der Waals surface area contributed by atoms with Crippen LogP contribution in [0.25, 0.3) is 0 Å². The Morgan fingerprint density at radius 1 is 1.41 bits per heavy atom. The van der Waals surface area contributed by atoms with Gasteiger partial charge in [-0.3, -0.25) is 9.05 Å². The normalized spacial score (nSPS) is 16.0. The van der Waals surface area contributed by atoms with Crippen molar-refractivity contribution in [2.24, 2.45) is 0 Å². The first-order valence-corrected chi connectivity index (χ1v) is 8.12. The van der Waals surface area contributed by atoms with Crippen LogP contribution in [0.3, 0.4) is 0 Å². The van der Waals surface area contributed by atoms with E-state index in [9.17, 15) is 19.4 Å². The summed E-state index contributed by atoms with van der Waals surface area (Å²) >= 11 is 0. The van der Waals surface area contributed by atoms with Crippen LogP contribution >= 0.6 is 7.82 Å². The second-order valence-electron chi connectivity index (χ2n) is 6.27. The van der Waals surface area contributed by atoms with Gasteiger partial charge in [-0.15, -0.1) is 6.58 Å². The molecule has 0 rings (SSSR count). The average molecular weight is 342 g/mol. The second kappa shape index (κ2) is 9.39. The number of aliphatic carboxylic acids is 1. The van der Waals surface area contributed by atoms with Gasteiger partial charge < -0.3 is 19.6 Å². The van der Waals surface area contributed by atoms with Gasteiger partial charge in [0, 0.05) is 0 Å². The molecule has 9 heteroatoms. The summed E-state index contributed by atoms with van der Waals surface area (Å²) < 4.78 is 21.0. The molecule has 0 aliphatic carbocycles. The Balaban J connectivity index is 0. The van der Waals surface area contributed by atoms with Gasteiger partial charge in [0.15, 0.2) is 6.54 Å². The molecule has 0 aliphatic rings. The van der Waals surface area contributed by atoms with Gasteiger partial charge in [0.1, 0.15) is 5.60 Å². The van der Waals surface area contributed by atoms with E-state index in [-0.39, 0.29) is 13.2 Å². The summed E-state index contributed by atoms with van der Waals surface area (Å²) in [5.74, 6) is -0.752. The molecule has 132 valence electrons. The van der Waals surface area contributed by atoms with Gasteiger partial charge in [-0.05, 0) is 20.8 Å². The molecule has 0 spiro atoms. The fourth-order valence-corrected chi connectivity index (χ4v) is 2.05. The largest absolute Gasteiger partial charge is 0.477 e. The number of carboxylic acid groups (broad SMARTS) is 1. The Labute approximate surface area is 132 Å². The molecule has 0 aromatic heterocycles. The highest BCUT2D eigenvalue weighted by molar-refractivity contribution is 7.47. The second-order valence-corrected chi connectivity index (χ2v) is 7.64. The van der Waals surface area contributed by atoms with Gasteiger partial charge >= 0.3 is 13.8 Å². The first-order chi connectivity index (χ1) is 9.63. The number of phosphoric acid groups is 1. The van der Waals surface area contributed by atoms with Gasteiger partial charge in [-0.25, -0.2) is 9.36 Å². The minimum absolute atomic E-state index is 0.0797. The van der Waals surface area contributed by atoms with Crippen LogP contribution in [0.4, 0.5) is 0 Å². The van der Waals surface area contributed by atoms with Crippen LogP contribution in [-0.4, -0.2) is 71.6 Å². The molecule has 0 aromatic rings. The molecule has 0 heterocycles. The van der Waals surface area contributed by atoms with Crippen molar-refractivity contribution < 1.29 is 38.0 Å². The number of aliphatic hydroxyl groups is 1. The summed E-state index contributed by atoms with van der Waals surface area (Å²) in [6.07, 6.45) is 0.456. The SMILES string of the molecule is C=CCOP(=O)(O)OC(C)(C)C(C)O.C[N+](C)(C)CC(=O)O. The molecule has 0 aromatic carbocycles. The predicted molar refractivity (Wildman–Crippen MR) is 83.4 cm³/mol. The van der Waals surface area contributed by atoms with Crippen molar-refractivity contribution in [3.63, 3.8) is 0 Å². The lowest BCUT2D eigenvalue weighted by Gasteiger charge is -2.29. The van der Waals surface area contributed by atoms with Crippen molar-refractivity contribution in [2.75, 3.05) is 34.3 Å². The van der Waals surface area contributed by atoms with Crippen LogP contribution in [0.2, 0.25) is 0 Å². The number of nitrogens with zero attached hydrogens (tertiary/aromatic N) is 1. The summed E-state index contributed by atoms with van der Waals surface area (Å²) in [5, 5.41) is 17.5. The third-order valence-corrected chi connectivity index (χ3v) is 3.50. The van der Waals surface area contributed by atoms with Crippen molar-refractivity contribution in [1.29, 1.82) is 0 Å². The number of rotatable bonds is 8. The maximum atomic E-state index is 11.2. The molecular formula is C13H29NO7P+. The van der Waals surface area contributed by atoms with Gasteiger partial charge in [-0.2, -0.15) is 0 Å². The number of likely N-dealkylation sites (N-methyl/N-ethyl adjacent to an activating group) is 1. The Morgan fingerprint density at radius 3 is 2.09 bits per heavy atom. The van der Waals surface area contributed by atoms with Crippen LogP contribution in [0.5, 0.6) is 0 Å². The topological polar surface area (TPSA) is 113 Å². The smallest absolute Gasteiger partial charge is 0.473 e. The van der Waals surface area contributed by atoms with E-state index in [0.29, 0.717) is 4.48 Å². The molecule has 0 aliphatic heterocycles. The molecule has 8 nitrogen and oxygen atoms in total. The molecule has 0 saturated heterocycles. The highest BCUT2D eigenvalue weighted by atomic mass is 31.2. The lowest BCUT2D eigenvalue weighted by molar-refractivity contribution is -0.862. The van der Waals surface area contributed by atoms with E-state index in [2.05, 4.69) is 11.1 Å². The molecule has 0 fully saturated rings. The highest BCUT2D eigenvalue weighted by Crippen LogP contribution is 2.47. The minimum Gasteiger partial charge on any atom is -0.477 e. The summed E-state index contributed by atoms with van der Waals surface area (Å²) in [5.41, 5.74) is -1.13. The van der Waals surface area contributed by atoms with Gasteiger partial charge in [0.2, 0.25) is 0 Å². The van der Waals surface area contributed by atoms with Gasteiger partial charge in [0.05, 0.1) is 33.9 Å². The molecule has 0 radical (unpaired) electrons. The number of quaternary nitrogens is 1. The predicted octanol–water partition coefficient (Wildman–Crippen LogP) is 1.24. The number of phosphoric ester groups is 1. The van der Waals surface area contributed by atoms with E-state index in [4.69, 9.17) is 9.63 Å². The fourth-order valence-electron chi connectivity index (χ4n) is 0.953. The Hall–Kier alpha value is -0.760. The lowest BCUT2D eigenvalue weighted by Crippen LogP contribution is -2.39. The summed E-state index contributed by atoms with van der Waals surface area (Å²) in [7, 11) is 1.41. The zero-order valence-electron chi connectivity index (χ0n) is 14.1. The number of hydrogen-bond acceptors (Lipinski definition) is 5. The lowest BCUT2D eigenvalue weighted by atomic mass is 10.0. The van der Waals surface area contributed by atoms with E-state index < -0.39 is 25.5 Å². The van der Waals surface area contributed by atoms with Crippen molar-refractivity contribution in [3.8, 4) is 0 Å². The summed E-state index contributed by atoms with van der Waals surface area (Å²) in [6, 6.07) is 0. The van der Waals surface area contributed by atoms with Gasteiger partial charge in [-0.1, -0.05) is 6.08 Å². The summed E-state index contributed by atoms with van der Waals surface area (Å²) in [4.78, 5) is 19.2. The molecular weight excluding hydrogens is 313 g/mol. The number of carbonyl (C=O) groups is 1. The summed E-state index contributed by atoms with van der Waals surface area (Å²) in [6.45, 7) is 7.90. The Bertz CT molecular complexity index is 402. The molecule has 0 saturated carbocycles. The number of aliphatic hydroxyl groups excluding tert-OH is 1. The van der Waals surface area contributed by atoms with Crippen LogP contribution in [-0.2, 0) is 18.4 Å². The first kappa shape index (κ1) is 23.5. The maximum absolute atomic E-state index is 11.2. The highest BCUT2D eigenvalue weighted by Gasteiger charge is 2.35. The standard InChI is InChI=1S/C8H17O5P.C5H11NO2/c1-5-6-12-14(10,11)13-8(3,4)7(2)9;1-6(2,3)4-5(7)8/h5,7,9H,1,6H2,2-4H3,(H,10,11);4H2,1-3H3/p+1. The van der Waals surface area contributed by atoms with E-state index in [1.807, 2.05) is 21.1 Å². The van der Waals surface area contributed by atoms with Crippen LogP contribution in [0.1, 0.15) is 20.8 Å². The third-order valence-electron chi connectivity index (χ3n) is 2.32. The quantitative estimate of drug-likeness (QED) is 0.345. The van der Waals surface area contributed by atoms with E-state index in [1.54, 1.807) is 0 Å². The molecule has 0 bridgehead atoms. The van der Waals surface area contributed by atoms with E-state index in [1.165, 1.54) is 26.8 Å². The molecule has 0 amide bonds. The Kier molecular flexibility index (Phi) is 10.0. The molecule has 2 atom stereocenters. The van der Waals surface area contributed by atoms with Crippen LogP contribution in [0, 0.1) is 0 Å². The van der Waals surface area contributed by atoms with Crippen molar-refractivity contribution >= 4 is 13.8 Å². The van der Waals surface area contributed by atoms with E-state index >= 15 is 0 Å². The molecule has 2 unspecified atom stereocenters. The fraction of sp³-hybridized carbons (Fsp3) is 0.769. The molecule has 22 heavy (non-hydrogen) atoms. The monoisotopic (exact) mass is 342 g/mol. The zero-order chi connectivity index (χ0) is 18.2. The van der Waals surface area contributed by atoms with Gasteiger partial charge in [0.25, 0.3) is 0 Å². The third kappa shape index (κ3) is 14.2. The number of hydrogen-bond donors (Lipinski definition) is 3. The minimum atomic E-state index is -4.12. The first-order valence-electron chi connectivity index (χ1n) is 6.62. The Morgan fingerprint density at radius 2 is 1.86 bits per heavy atom. The van der Waals surface area contributed by atoms with Crippen LogP contribution in [0.15, 0.2) is 12.7 Å². The average Bonchev–Trinajstić information content (AvgIpc) is 2.22. The van der Waals surface area contributed by atoms with Crippen molar-refractivity contribution in [2.45, 2.75) is 32.5 Å². The maximum Gasteiger partial charge on any atom is 0.473 e.